The Morgan fingerprint density at radius 1 is 1.08 bits per heavy atom. The molecule has 4 rings (SSSR count). The van der Waals surface area contributed by atoms with Gasteiger partial charge in [0.05, 0.1) is 12.8 Å². The van der Waals surface area contributed by atoms with E-state index in [1.165, 1.54) is 39.2 Å². The Morgan fingerprint density at radius 3 is 2.51 bits per heavy atom. The minimum absolute atomic E-state index is 0.255. The fraction of sp³-hybridized carbons (Fsp3) is 0.375. The summed E-state index contributed by atoms with van der Waals surface area (Å²) in [4.78, 5) is 25.8. The molecule has 1 saturated carbocycles. The standard InChI is InChI=1S/C31H36N4O2.CH5N/c1-33-31(26-11-7-17-34-21-26)35-29-16-15-24(23-10-6-12-28(20-23)37-2)18-27(29)19-25(30(32)36)14-13-22-8-4-3-5-9-22;1-2/h6-7,10-12,15-18,20-22,25H,1,3-5,8-9,13-14,19H2,2H3,(H2,32,36);2H2,1H3. The lowest BCUT2D eigenvalue weighted by Gasteiger charge is -2.23. The lowest BCUT2D eigenvalue weighted by atomic mass is 9.82. The van der Waals surface area contributed by atoms with Crippen LogP contribution in [0.15, 0.2) is 77.0 Å². The van der Waals surface area contributed by atoms with Gasteiger partial charge in [-0.05, 0) is 92.0 Å². The van der Waals surface area contributed by atoms with Crippen LogP contribution in [0.2, 0.25) is 0 Å². The number of carbonyl (C=O) groups excluding carboxylic acids is 1. The van der Waals surface area contributed by atoms with Crippen LogP contribution in [-0.2, 0) is 11.2 Å². The number of benzene rings is 2. The van der Waals surface area contributed by atoms with Crippen molar-refractivity contribution in [2.75, 3.05) is 14.2 Å². The Hall–Kier alpha value is -3.84. The van der Waals surface area contributed by atoms with E-state index >= 15 is 0 Å². The maximum Gasteiger partial charge on any atom is 0.220 e. The third kappa shape index (κ3) is 8.58. The number of hydrogen-bond acceptors (Lipinski definition) is 5. The maximum absolute atomic E-state index is 12.6. The van der Waals surface area contributed by atoms with Crippen molar-refractivity contribution in [1.82, 2.24) is 4.98 Å². The molecule has 39 heavy (non-hydrogen) atoms. The predicted octanol–water partition coefficient (Wildman–Crippen LogP) is 6.12. The van der Waals surface area contributed by atoms with Crippen LogP contribution in [0.4, 0.5) is 5.69 Å². The molecule has 1 aromatic heterocycles. The van der Waals surface area contributed by atoms with Gasteiger partial charge in [0.15, 0.2) is 5.84 Å². The number of carbonyl (C=O) groups is 1. The van der Waals surface area contributed by atoms with Crippen LogP contribution in [0, 0.1) is 11.8 Å². The molecule has 0 aliphatic heterocycles. The fourth-order valence-electron chi connectivity index (χ4n) is 5.16. The number of nitrogens with two attached hydrogens (primary N) is 2. The highest BCUT2D eigenvalue weighted by Crippen LogP contribution is 2.33. The molecule has 1 aliphatic rings. The highest BCUT2D eigenvalue weighted by Gasteiger charge is 2.22. The molecule has 1 fully saturated rings. The predicted molar refractivity (Wildman–Crippen MR) is 161 cm³/mol. The number of amides is 1. The van der Waals surface area contributed by atoms with Crippen molar-refractivity contribution in [3.8, 4) is 16.9 Å². The first-order chi connectivity index (χ1) is 19.1. The van der Waals surface area contributed by atoms with Crippen LogP contribution in [0.5, 0.6) is 5.75 Å². The van der Waals surface area contributed by atoms with Crippen molar-refractivity contribution in [2.24, 2.45) is 33.3 Å². The molecule has 206 valence electrons. The topological polar surface area (TPSA) is 116 Å². The first-order valence-electron chi connectivity index (χ1n) is 13.7. The van der Waals surface area contributed by atoms with E-state index in [9.17, 15) is 4.79 Å². The van der Waals surface area contributed by atoms with Crippen LogP contribution in [-0.4, -0.2) is 37.6 Å². The number of ether oxygens (including phenoxy) is 1. The molecule has 0 bridgehead atoms. The molecule has 4 N–H and O–H groups in total. The van der Waals surface area contributed by atoms with Gasteiger partial charge in [0.1, 0.15) is 5.75 Å². The lowest BCUT2D eigenvalue weighted by molar-refractivity contribution is -0.122. The van der Waals surface area contributed by atoms with Gasteiger partial charge in [-0.15, -0.1) is 0 Å². The number of pyridine rings is 1. The molecular formula is C32H41N5O2. The van der Waals surface area contributed by atoms with E-state index in [-0.39, 0.29) is 11.8 Å². The molecular weight excluding hydrogens is 486 g/mol. The van der Waals surface area contributed by atoms with Gasteiger partial charge >= 0.3 is 0 Å². The van der Waals surface area contributed by atoms with Crippen LogP contribution < -0.4 is 16.2 Å². The quantitative estimate of drug-likeness (QED) is 0.244. The minimum Gasteiger partial charge on any atom is -0.497 e. The van der Waals surface area contributed by atoms with Gasteiger partial charge < -0.3 is 16.2 Å². The SMILES string of the molecule is C=NC(=Nc1ccc(-c2cccc(OC)c2)cc1CC(CCC1CCCCC1)C(N)=O)c1cccnc1.CN. The van der Waals surface area contributed by atoms with Crippen molar-refractivity contribution in [1.29, 1.82) is 0 Å². The molecule has 1 amide bonds. The van der Waals surface area contributed by atoms with E-state index in [0.717, 1.165) is 46.5 Å². The number of primary amides is 1. The maximum atomic E-state index is 12.6. The van der Waals surface area contributed by atoms with Crippen molar-refractivity contribution in [3.63, 3.8) is 0 Å². The first-order valence-corrected chi connectivity index (χ1v) is 13.7. The van der Waals surface area contributed by atoms with Gasteiger partial charge in [-0.2, -0.15) is 0 Å². The van der Waals surface area contributed by atoms with E-state index in [2.05, 4.69) is 28.5 Å². The number of rotatable bonds is 10. The molecule has 2 aromatic carbocycles. The molecule has 0 saturated heterocycles. The second-order valence-electron chi connectivity index (χ2n) is 9.80. The molecule has 7 nitrogen and oxygen atoms in total. The first kappa shape index (κ1) is 29.7. The third-order valence-electron chi connectivity index (χ3n) is 7.30. The molecule has 1 aliphatic carbocycles. The van der Waals surface area contributed by atoms with Crippen molar-refractivity contribution >= 4 is 24.1 Å². The molecule has 1 heterocycles. The summed E-state index contributed by atoms with van der Waals surface area (Å²) >= 11 is 0. The van der Waals surface area contributed by atoms with E-state index in [1.807, 2.05) is 48.5 Å². The Kier molecular flexibility index (Phi) is 11.8. The Morgan fingerprint density at radius 2 is 1.85 bits per heavy atom. The average molecular weight is 528 g/mol. The largest absolute Gasteiger partial charge is 0.497 e. The number of hydrogen-bond donors (Lipinski definition) is 2. The molecule has 7 heteroatoms. The van der Waals surface area contributed by atoms with Crippen molar-refractivity contribution < 1.29 is 9.53 Å². The number of aromatic nitrogens is 1. The number of aliphatic imine (C=N–C) groups is 2. The van der Waals surface area contributed by atoms with Crippen LogP contribution >= 0.6 is 0 Å². The number of methoxy groups -OCH3 is 1. The summed E-state index contributed by atoms with van der Waals surface area (Å²) in [6.07, 6.45) is 12.2. The summed E-state index contributed by atoms with van der Waals surface area (Å²) in [5, 5.41) is 0. The summed E-state index contributed by atoms with van der Waals surface area (Å²) in [7, 11) is 3.16. The van der Waals surface area contributed by atoms with Crippen molar-refractivity contribution in [2.45, 2.75) is 51.4 Å². The average Bonchev–Trinajstić information content (AvgIpc) is 3.00. The Balaban J connectivity index is 0.00000205. The fourth-order valence-corrected chi connectivity index (χ4v) is 5.16. The Bertz CT molecular complexity index is 1240. The van der Waals surface area contributed by atoms with Crippen molar-refractivity contribution in [3.05, 3.63) is 78.1 Å². The summed E-state index contributed by atoms with van der Waals surface area (Å²) in [5.41, 5.74) is 15.0. The third-order valence-corrected chi connectivity index (χ3v) is 7.30. The van der Waals surface area contributed by atoms with E-state index in [0.29, 0.717) is 18.2 Å². The number of nitrogens with zero attached hydrogens (tertiary/aromatic N) is 3. The highest BCUT2D eigenvalue weighted by atomic mass is 16.5. The molecule has 1 unspecified atom stereocenters. The molecule has 3 aromatic rings. The smallest absolute Gasteiger partial charge is 0.220 e. The van der Waals surface area contributed by atoms with Gasteiger partial charge in [-0.1, -0.05) is 50.3 Å². The van der Waals surface area contributed by atoms with Gasteiger partial charge in [-0.25, -0.2) is 9.98 Å². The molecule has 1 atom stereocenters. The monoisotopic (exact) mass is 527 g/mol. The zero-order chi connectivity index (χ0) is 28.0. The van der Waals surface area contributed by atoms with Gasteiger partial charge in [-0.3, -0.25) is 9.78 Å². The summed E-state index contributed by atoms with van der Waals surface area (Å²) < 4.78 is 5.42. The molecule has 0 radical (unpaired) electrons. The van der Waals surface area contributed by atoms with E-state index < -0.39 is 0 Å². The van der Waals surface area contributed by atoms with Crippen LogP contribution in [0.3, 0.4) is 0 Å². The minimum atomic E-state index is -0.258. The van der Waals surface area contributed by atoms with Crippen LogP contribution in [0.1, 0.15) is 56.1 Å². The van der Waals surface area contributed by atoms with Gasteiger partial charge in [0, 0.05) is 23.9 Å². The number of amidine groups is 1. The van der Waals surface area contributed by atoms with Crippen LogP contribution in [0.25, 0.3) is 11.1 Å². The van der Waals surface area contributed by atoms with Gasteiger partial charge in [0.2, 0.25) is 5.91 Å². The lowest BCUT2D eigenvalue weighted by Crippen LogP contribution is -2.26. The summed E-state index contributed by atoms with van der Waals surface area (Å²) in [6.45, 7) is 3.72. The van der Waals surface area contributed by atoms with Gasteiger partial charge in [0.25, 0.3) is 0 Å². The normalized spacial score (nSPS) is 14.6. The second-order valence-corrected chi connectivity index (χ2v) is 9.80. The van der Waals surface area contributed by atoms with E-state index in [1.54, 1.807) is 19.5 Å². The zero-order valence-electron chi connectivity index (χ0n) is 23.2. The molecule has 0 spiro atoms. The Labute approximate surface area is 232 Å². The second kappa shape index (κ2) is 15.5. The highest BCUT2D eigenvalue weighted by molar-refractivity contribution is 6.02. The van der Waals surface area contributed by atoms with E-state index in [4.69, 9.17) is 15.5 Å². The summed E-state index contributed by atoms with van der Waals surface area (Å²) in [6, 6.07) is 17.8. The zero-order valence-corrected chi connectivity index (χ0v) is 23.2. The summed E-state index contributed by atoms with van der Waals surface area (Å²) in [5.74, 6) is 1.46.